The van der Waals surface area contributed by atoms with E-state index in [1.54, 1.807) is 5.48 Å². The molecular formula is C6H9N3O3. The minimum Gasteiger partial charge on any atom is -0.366 e. The Morgan fingerprint density at radius 2 is 2.33 bits per heavy atom. The van der Waals surface area contributed by atoms with Gasteiger partial charge in [0.25, 0.3) is 5.91 Å². The molecule has 0 aromatic rings. The number of hydrogen-bond donors (Lipinski definition) is 3. The second-order valence-electron chi connectivity index (χ2n) is 2.49. The van der Waals surface area contributed by atoms with Crippen LogP contribution in [0.2, 0.25) is 0 Å². The molecule has 0 unspecified atom stereocenters. The molecule has 6 nitrogen and oxygen atoms in total. The molecular weight excluding hydrogens is 162 g/mol. The number of hydroxylamine groups is 1. The first-order valence-corrected chi connectivity index (χ1v) is 3.26. The molecule has 1 heterocycles. The van der Waals surface area contributed by atoms with Crippen LogP contribution in [0.15, 0.2) is 11.3 Å². The van der Waals surface area contributed by atoms with Gasteiger partial charge in [-0.25, -0.2) is 0 Å². The van der Waals surface area contributed by atoms with Crippen molar-refractivity contribution in [2.45, 2.75) is 0 Å². The second kappa shape index (κ2) is 2.82. The summed E-state index contributed by atoms with van der Waals surface area (Å²) in [5, 5.41) is 8.51. The molecule has 0 atom stereocenters. The van der Waals surface area contributed by atoms with Crippen molar-refractivity contribution < 1.29 is 14.8 Å². The molecule has 0 aliphatic carbocycles. The number of amides is 2. The number of carbonyl (C=O) groups excluding carboxylic acids is 2. The molecule has 2 amide bonds. The Morgan fingerprint density at radius 1 is 1.75 bits per heavy atom. The Bertz CT molecular complexity index is 271. The molecule has 12 heavy (non-hydrogen) atoms. The number of likely N-dealkylation sites (N-methyl/N-ethyl adjacent to an activating group) is 1. The standard InChI is InChI=1S/C6H9N3O3/c1-9-2-3(5(7)10)4(8-12)6(9)11/h8,12H,2H2,1H3,(H2,7,10). The van der Waals surface area contributed by atoms with Crippen molar-refractivity contribution in [3.05, 3.63) is 11.3 Å². The maximum Gasteiger partial charge on any atom is 0.272 e. The second-order valence-corrected chi connectivity index (χ2v) is 2.49. The Hall–Kier alpha value is -1.56. The first-order chi connectivity index (χ1) is 5.57. The topological polar surface area (TPSA) is 95.7 Å². The van der Waals surface area contributed by atoms with Gasteiger partial charge in [-0.15, -0.1) is 0 Å². The minimum atomic E-state index is -0.704. The highest BCUT2D eigenvalue weighted by Crippen LogP contribution is 2.13. The van der Waals surface area contributed by atoms with Gasteiger partial charge < -0.3 is 10.6 Å². The molecule has 66 valence electrons. The number of hydrogen-bond acceptors (Lipinski definition) is 4. The third kappa shape index (κ3) is 1.12. The lowest BCUT2D eigenvalue weighted by Gasteiger charge is -2.06. The van der Waals surface area contributed by atoms with Gasteiger partial charge in [-0.1, -0.05) is 0 Å². The fraction of sp³-hybridized carbons (Fsp3) is 0.333. The number of nitrogens with zero attached hydrogens (tertiary/aromatic N) is 1. The van der Waals surface area contributed by atoms with Crippen LogP contribution < -0.4 is 11.2 Å². The fourth-order valence-electron chi connectivity index (χ4n) is 1.02. The molecule has 1 aliphatic heterocycles. The summed E-state index contributed by atoms with van der Waals surface area (Å²) in [6.45, 7) is 0.136. The molecule has 0 saturated heterocycles. The smallest absolute Gasteiger partial charge is 0.272 e. The van der Waals surface area contributed by atoms with Crippen LogP contribution in [-0.2, 0) is 9.59 Å². The van der Waals surface area contributed by atoms with Gasteiger partial charge in [0.15, 0.2) is 0 Å². The van der Waals surface area contributed by atoms with Crippen molar-refractivity contribution in [1.29, 1.82) is 0 Å². The quantitative estimate of drug-likeness (QED) is 0.426. The lowest BCUT2D eigenvalue weighted by Crippen LogP contribution is -2.25. The van der Waals surface area contributed by atoms with E-state index < -0.39 is 11.8 Å². The molecule has 0 saturated carbocycles. The van der Waals surface area contributed by atoms with E-state index in [0.29, 0.717) is 0 Å². The van der Waals surface area contributed by atoms with Crippen LogP contribution in [0.25, 0.3) is 0 Å². The zero-order valence-electron chi connectivity index (χ0n) is 6.50. The van der Waals surface area contributed by atoms with E-state index in [2.05, 4.69) is 0 Å². The number of primary amides is 1. The summed E-state index contributed by atoms with van der Waals surface area (Å²) in [4.78, 5) is 23.1. The van der Waals surface area contributed by atoms with Gasteiger partial charge in [0.2, 0.25) is 5.91 Å². The molecule has 1 aliphatic rings. The van der Waals surface area contributed by atoms with Crippen molar-refractivity contribution in [2.75, 3.05) is 13.6 Å². The number of rotatable bonds is 2. The molecule has 0 spiro atoms. The van der Waals surface area contributed by atoms with E-state index in [0.717, 1.165) is 0 Å². The zero-order valence-corrected chi connectivity index (χ0v) is 6.50. The van der Waals surface area contributed by atoms with Gasteiger partial charge in [-0.2, -0.15) is 0 Å². The van der Waals surface area contributed by atoms with Crippen molar-refractivity contribution >= 4 is 11.8 Å². The number of nitrogens with two attached hydrogens (primary N) is 1. The van der Waals surface area contributed by atoms with E-state index in [1.807, 2.05) is 0 Å². The third-order valence-corrected chi connectivity index (χ3v) is 1.67. The highest BCUT2D eigenvalue weighted by atomic mass is 16.5. The monoisotopic (exact) mass is 171 g/mol. The van der Waals surface area contributed by atoms with E-state index >= 15 is 0 Å². The van der Waals surface area contributed by atoms with Crippen molar-refractivity contribution in [1.82, 2.24) is 10.4 Å². The molecule has 4 N–H and O–H groups in total. The predicted octanol–water partition coefficient (Wildman–Crippen LogP) is -1.82. The van der Waals surface area contributed by atoms with Gasteiger partial charge >= 0.3 is 0 Å². The van der Waals surface area contributed by atoms with Crippen LogP contribution >= 0.6 is 0 Å². The van der Waals surface area contributed by atoms with E-state index in [-0.39, 0.29) is 17.8 Å². The molecule has 0 aromatic carbocycles. The third-order valence-electron chi connectivity index (χ3n) is 1.67. The maximum absolute atomic E-state index is 11.1. The highest BCUT2D eigenvalue weighted by molar-refractivity contribution is 6.07. The van der Waals surface area contributed by atoms with Crippen molar-refractivity contribution in [2.24, 2.45) is 5.73 Å². The van der Waals surface area contributed by atoms with Crippen LogP contribution in [0.5, 0.6) is 0 Å². The number of carbonyl (C=O) groups is 2. The van der Waals surface area contributed by atoms with Gasteiger partial charge in [-0.3, -0.25) is 20.3 Å². The first kappa shape index (κ1) is 8.54. The maximum atomic E-state index is 11.1. The average molecular weight is 171 g/mol. The van der Waals surface area contributed by atoms with Crippen molar-refractivity contribution in [3.63, 3.8) is 0 Å². The fourth-order valence-corrected chi connectivity index (χ4v) is 1.02. The Balaban J connectivity index is 3.02. The van der Waals surface area contributed by atoms with Gasteiger partial charge in [0.1, 0.15) is 5.70 Å². The van der Waals surface area contributed by atoms with Crippen LogP contribution in [-0.4, -0.2) is 35.5 Å². The average Bonchev–Trinajstić information content (AvgIpc) is 2.29. The highest BCUT2D eigenvalue weighted by Gasteiger charge is 2.30. The van der Waals surface area contributed by atoms with Crippen LogP contribution in [0, 0.1) is 0 Å². The molecule has 0 aromatic heterocycles. The summed E-state index contributed by atoms with van der Waals surface area (Å²) in [5.41, 5.74) is 6.59. The molecule has 6 heteroatoms. The van der Waals surface area contributed by atoms with E-state index in [1.165, 1.54) is 11.9 Å². The lowest BCUT2D eigenvalue weighted by molar-refractivity contribution is -0.125. The van der Waals surface area contributed by atoms with Gasteiger partial charge in [-0.05, 0) is 0 Å². The Morgan fingerprint density at radius 3 is 2.67 bits per heavy atom. The summed E-state index contributed by atoms with van der Waals surface area (Å²) in [6.07, 6.45) is 0. The zero-order chi connectivity index (χ0) is 9.30. The molecule has 0 bridgehead atoms. The summed E-state index contributed by atoms with van der Waals surface area (Å²) in [7, 11) is 1.51. The van der Waals surface area contributed by atoms with E-state index in [4.69, 9.17) is 10.9 Å². The van der Waals surface area contributed by atoms with Crippen LogP contribution in [0.4, 0.5) is 0 Å². The summed E-state index contributed by atoms with van der Waals surface area (Å²) in [6, 6.07) is 0. The largest absolute Gasteiger partial charge is 0.366 e. The van der Waals surface area contributed by atoms with Gasteiger partial charge in [0.05, 0.1) is 12.1 Å². The molecule has 1 rings (SSSR count). The lowest BCUT2D eigenvalue weighted by atomic mass is 10.2. The van der Waals surface area contributed by atoms with Crippen LogP contribution in [0.1, 0.15) is 0 Å². The van der Waals surface area contributed by atoms with E-state index in [9.17, 15) is 9.59 Å². The SMILES string of the molecule is CN1CC(C(N)=O)=C(NO)C1=O. The predicted molar refractivity (Wildman–Crippen MR) is 38.8 cm³/mol. The molecule has 0 radical (unpaired) electrons. The summed E-state index contributed by atoms with van der Waals surface area (Å²) >= 11 is 0. The van der Waals surface area contributed by atoms with Gasteiger partial charge in [0, 0.05) is 7.05 Å². The summed E-state index contributed by atoms with van der Waals surface area (Å²) < 4.78 is 0. The number of nitrogens with one attached hydrogen (secondary N) is 1. The Kier molecular flexibility index (Phi) is 2.01. The van der Waals surface area contributed by atoms with Crippen LogP contribution in [0.3, 0.4) is 0 Å². The van der Waals surface area contributed by atoms with Crippen molar-refractivity contribution in [3.8, 4) is 0 Å². The molecule has 0 fully saturated rings. The minimum absolute atomic E-state index is 0.102. The first-order valence-electron chi connectivity index (χ1n) is 3.26. The Labute approximate surface area is 68.6 Å². The normalized spacial score (nSPS) is 17.2. The summed E-state index contributed by atoms with van der Waals surface area (Å²) in [5.74, 6) is -1.14.